The molecule has 0 N–H and O–H groups in total. The Bertz CT molecular complexity index is 418. The molecule has 0 saturated carbocycles. The minimum atomic E-state index is 0.0690. The highest BCUT2D eigenvalue weighted by Crippen LogP contribution is 2.33. The summed E-state index contributed by atoms with van der Waals surface area (Å²) in [5, 5.41) is 0.0690. The summed E-state index contributed by atoms with van der Waals surface area (Å²) in [6, 6.07) is 1.86. The van der Waals surface area contributed by atoms with Crippen LogP contribution in [0.15, 0.2) is 14.3 Å². The van der Waals surface area contributed by atoms with Crippen molar-refractivity contribution in [1.82, 2.24) is 4.90 Å². The van der Waals surface area contributed by atoms with Crippen molar-refractivity contribution < 1.29 is 4.79 Å². The second-order valence-corrected chi connectivity index (χ2v) is 8.05. The zero-order valence-electron chi connectivity index (χ0n) is 9.25. The molecule has 94 valence electrons. The van der Waals surface area contributed by atoms with Crippen LogP contribution < -0.4 is 0 Å². The number of likely N-dealkylation sites (tertiary alicyclic amines) is 1. The van der Waals surface area contributed by atoms with E-state index in [9.17, 15) is 4.79 Å². The van der Waals surface area contributed by atoms with Gasteiger partial charge in [-0.05, 0) is 50.3 Å². The van der Waals surface area contributed by atoms with Crippen LogP contribution in [-0.2, 0) is 0 Å². The number of amides is 1. The predicted molar refractivity (Wildman–Crippen MR) is 79.0 cm³/mol. The van der Waals surface area contributed by atoms with Crippen molar-refractivity contribution >= 4 is 60.7 Å². The van der Waals surface area contributed by atoms with Crippen LogP contribution in [0.2, 0.25) is 0 Å². The van der Waals surface area contributed by atoms with Crippen molar-refractivity contribution in [2.75, 3.05) is 13.1 Å². The fraction of sp³-hybridized carbons (Fsp3) is 0.545. The van der Waals surface area contributed by atoms with Crippen LogP contribution in [0, 0.1) is 5.92 Å². The van der Waals surface area contributed by atoms with Crippen LogP contribution in [-0.4, -0.2) is 29.3 Å². The molecule has 1 aromatic rings. The summed E-state index contributed by atoms with van der Waals surface area (Å²) in [7, 11) is 0. The standard InChI is InChI=1S/C11H12Br2ClNOS/c1-6-2-3-15(5-8(6)14)11(16)9-4-7(12)10(13)17-9/h4,6,8H,2-3,5H2,1H3. The molecule has 1 aliphatic rings. The molecule has 1 amide bonds. The number of hydrogen-bond donors (Lipinski definition) is 0. The summed E-state index contributed by atoms with van der Waals surface area (Å²) < 4.78 is 1.88. The van der Waals surface area contributed by atoms with Gasteiger partial charge in [0.1, 0.15) is 0 Å². The first-order chi connectivity index (χ1) is 7.99. The van der Waals surface area contributed by atoms with Crippen molar-refractivity contribution in [3.8, 4) is 0 Å². The molecule has 0 bridgehead atoms. The number of thiophene rings is 1. The summed E-state index contributed by atoms with van der Waals surface area (Å²) in [6.45, 7) is 3.59. The highest BCUT2D eigenvalue weighted by Gasteiger charge is 2.28. The maximum Gasteiger partial charge on any atom is 0.264 e. The van der Waals surface area contributed by atoms with E-state index in [1.54, 1.807) is 0 Å². The highest BCUT2D eigenvalue weighted by molar-refractivity contribution is 9.13. The van der Waals surface area contributed by atoms with Gasteiger partial charge in [-0.15, -0.1) is 22.9 Å². The van der Waals surface area contributed by atoms with Crippen molar-refractivity contribution in [2.24, 2.45) is 5.92 Å². The van der Waals surface area contributed by atoms with E-state index in [2.05, 4.69) is 38.8 Å². The van der Waals surface area contributed by atoms with Crippen LogP contribution in [0.1, 0.15) is 23.0 Å². The zero-order chi connectivity index (χ0) is 12.6. The summed E-state index contributed by atoms with van der Waals surface area (Å²) >= 11 is 14.5. The van der Waals surface area contributed by atoms with Crippen LogP contribution in [0.4, 0.5) is 0 Å². The van der Waals surface area contributed by atoms with E-state index in [0.29, 0.717) is 12.5 Å². The summed E-state index contributed by atoms with van der Waals surface area (Å²) in [4.78, 5) is 14.9. The minimum Gasteiger partial charge on any atom is -0.336 e. The molecule has 2 rings (SSSR count). The molecular weight excluding hydrogens is 389 g/mol. The molecule has 6 heteroatoms. The fourth-order valence-electron chi connectivity index (χ4n) is 1.81. The molecule has 1 aliphatic heterocycles. The molecule has 1 aromatic heterocycles. The number of alkyl halides is 1. The molecule has 0 aromatic carbocycles. The van der Waals surface area contributed by atoms with E-state index < -0.39 is 0 Å². The fourth-order valence-corrected chi connectivity index (χ4v) is 4.11. The second-order valence-electron chi connectivity index (χ2n) is 4.27. The Balaban J connectivity index is 2.10. The Hall–Kier alpha value is 0.420. The Kier molecular flexibility index (Phi) is 4.55. The SMILES string of the molecule is CC1CCN(C(=O)c2cc(Br)c(Br)s2)CC1Cl. The minimum absolute atomic E-state index is 0.0690. The lowest BCUT2D eigenvalue weighted by Gasteiger charge is -2.33. The largest absolute Gasteiger partial charge is 0.336 e. The van der Waals surface area contributed by atoms with Crippen LogP contribution in [0.5, 0.6) is 0 Å². The average Bonchev–Trinajstić information content (AvgIpc) is 2.62. The number of carbonyl (C=O) groups is 1. The van der Waals surface area contributed by atoms with Gasteiger partial charge in [-0.2, -0.15) is 0 Å². The van der Waals surface area contributed by atoms with Gasteiger partial charge in [-0.25, -0.2) is 0 Å². The number of carbonyl (C=O) groups excluding carboxylic acids is 1. The second kappa shape index (κ2) is 5.59. The molecule has 0 aliphatic carbocycles. The Morgan fingerprint density at radius 2 is 2.29 bits per heavy atom. The Labute approximate surface area is 127 Å². The van der Waals surface area contributed by atoms with E-state index in [4.69, 9.17) is 11.6 Å². The van der Waals surface area contributed by atoms with Crippen LogP contribution >= 0.6 is 54.8 Å². The number of hydrogen-bond acceptors (Lipinski definition) is 2. The van der Waals surface area contributed by atoms with Gasteiger partial charge in [-0.1, -0.05) is 6.92 Å². The van der Waals surface area contributed by atoms with Gasteiger partial charge in [0, 0.05) is 17.6 Å². The van der Waals surface area contributed by atoms with E-state index >= 15 is 0 Å². The third-order valence-corrected chi connectivity index (χ3v) is 6.82. The maximum absolute atomic E-state index is 12.3. The molecule has 2 atom stereocenters. The molecular formula is C11H12Br2ClNOS. The number of piperidine rings is 1. The van der Waals surface area contributed by atoms with Gasteiger partial charge in [-0.3, -0.25) is 4.79 Å². The van der Waals surface area contributed by atoms with E-state index in [-0.39, 0.29) is 11.3 Å². The molecule has 2 unspecified atom stereocenters. The van der Waals surface area contributed by atoms with Gasteiger partial charge in [0.25, 0.3) is 5.91 Å². The molecule has 17 heavy (non-hydrogen) atoms. The maximum atomic E-state index is 12.3. The molecule has 0 spiro atoms. The highest BCUT2D eigenvalue weighted by atomic mass is 79.9. The lowest BCUT2D eigenvalue weighted by Crippen LogP contribution is -2.43. The molecule has 1 saturated heterocycles. The van der Waals surface area contributed by atoms with Crippen molar-refractivity contribution in [3.05, 3.63) is 19.2 Å². The van der Waals surface area contributed by atoms with Gasteiger partial charge in [0.2, 0.25) is 0 Å². The lowest BCUT2D eigenvalue weighted by molar-refractivity contribution is 0.0706. The Morgan fingerprint density at radius 1 is 1.59 bits per heavy atom. The smallest absolute Gasteiger partial charge is 0.264 e. The molecule has 2 nitrogen and oxygen atoms in total. The van der Waals surface area contributed by atoms with Crippen molar-refractivity contribution in [2.45, 2.75) is 18.7 Å². The first-order valence-electron chi connectivity index (χ1n) is 5.37. The molecule has 1 fully saturated rings. The summed E-state index contributed by atoms with van der Waals surface area (Å²) in [5.41, 5.74) is 0. The first kappa shape index (κ1) is 13.8. The summed E-state index contributed by atoms with van der Waals surface area (Å²) in [6.07, 6.45) is 0.980. The van der Waals surface area contributed by atoms with E-state index in [0.717, 1.165) is 26.1 Å². The Morgan fingerprint density at radius 3 is 2.82 bits per heavy atom. The molecule has 2 heterocycles. The number of rotatable bonds is 1. The first-order valence-corrected chi connectivity index (χ1v) is 8.21. The molecule has 0 radical (unpaired) electrons. The van der Waals surface area contributed by atoms with Gasteiger partial charge in [0.15, 0.2) is 0 Å². The monoisotopic (exact) mass is 399 g/mol. The number of nitrogens with zero attached hydrogens (tertiary/aromatic N) is 1. The van der Waals surface area contributed by atoms with E-state index in [1.165, 1.54) is 11.3 Å². The van der Waals surface area contributed by atoms with Crippen molar-refractivity contribution in [3.63, 3.8) is 0 Å². The third-order valence-electron chi connectivity index (χ3n) is 3.01. The van der Waals surface area contributed by atoms with Crippen molar-refractivity contribution in [1.29, 1.82) is 0 Å². The quantitative estimate of drug-likeness (QED) is 0.640. The third kappa shape index (κ3) is 3.06. The van der Waals surface area contributed by atoms with Gasteiger partial charge < -0.3 is 4.90 Å². The summed E-state index contributed by atoms with van der Waals surface area (Å²) in [5.74, 6) is 0.571. The van der Waals surface area contributed by atoms with Crippen LogP contribution in [0.3, 0.4) is 0 Å². The average molecular weight is 402 g/mol. The van der Waals surface area contributed by atoms with Gasteiger partial charge >= 0.3 is 0 Å². The lowest BCUT2D eigenvalue weighted by atomic mass is 9.98. The number of halogens is 3. The van der Waals surface area contributed by atoms with E-state index in [1.807, 2.05) is 11.0 Å². The van der Waals surface area contributed by atoms with Gasteiger partial charge in [0.05, 0.1) is 14.0 Å². The zero-order valence-corrected chi connectivity index (χ0v) is 14.0. The normalized spacial score (nSPS) is 25.1. The topological polar surface area (TPSA) is 20.3 Å². The predicted octanol–water partition coefficient (Wildman–Crippen LogP) is 4.36. The van der Waals surface area contributed by atoms with Crippen LogP contribution in [0.25, 0.3) is 0 Å².